The first kappa shape index (κ1) is 13.1. The first-order valence-corrected chi connectivity index (χ1v) is 6.23. The molecular formula is C14H19NO3. The van der Waals surface area contributed by atoms with Crippen LogP contribution >= 0.6 is 0 Å². The number of ether oxygens (including phenoxy) is 2. The molecule has 0 radical (unpaired) electrons. The summed E-state index contributed by atoms with van der Waals surface area (Å²) in [4.78, 5) is 10.9. The second-order valence-corrected chi connectivity index (χ2v) is 4.70. The van der Waals surface area contributed by atoms with Gasteiger partial charge in [0.05, 0.1) is 12.7 Å². The van der Waals surface area contributed by atoms with E-state index in [9.17, 15) is 4.79 Å². The molecule has 98 valence electrons. The number of benzene rings is 1. The number of nitrogens with two attached hydrogens (primary N) is 1. The minimum atomic E-state index is -0.279. The van der Waals surface area contributed by atoms with Crippen LogP contribution in [-0.4, -0.2) is 24.2 Å². The van der Waals surface area contributed by atoms with Crippen LogP contribution in [-0.2, 0) is 20.9 Å². The molecule has 2 rings (SSSR count). The molecule has 1 saturated carbocycles. The maximum atomic E-state index is 10.9. The highest BCUT2D eigenvalue weighted by Gasteiger charge is 2.34. The molecule has 0 aliphatic heterocycles. The topological polar surface area (TPSA) is 61.5 Å². The largest absolute Gasteiger partial charge is 0.461 e. The van der Waals surface area contributed by atoms with Crippen LogP contribution in [0.4, 0.5) is 0 Å². The van der Waals surface area contributed by atoms with E-state index >= 15 is 0 Å². The van der Waals surface area contributed by atoms with Crippen molar-refractivity contribution in [1.29, 1.82) is 0 Å². The highest BCUT2D eigenvalue weighted by Crippen LogP contribution is 2.25. The molecule has 2 N–H and O–H groups in total. The molecule has 0 unspecified atom stereocenters. The van der Waals surface area contributed by atoms with Crippen molar-refractivity contribution < 1.29 is 14.3 Å². The van der Waals surface area contributed by atoms with Gasteiger partial charge in [-0.05, 0) is 12.0 Å². The second-order valence-electron chi connectivity index (χ2n) is 4.70. The molecular weight excluding hydrogens is 230 g/mol. The molecule has 1 fully saturated rings. The second kappa shape index (κ2) is 5.98. The predicted molar refractivity (Wildman–Crippen MR) is 67.8 cm³/mol. The summed E-state index contributed by atoms with van der Waals surface area (Å²) in [6.07, 6.45) is 1.30. The van der Waals surface area contributed by atoms with Gasteiger partial charge in [-0.15, -0.1) is 0 Å². The van der Waals surface area contributed by atoms with Gasteiger partial charge in [-0.25, -0.2) is 0 Å². The maximum Gasteiger partial charge on any atom is 0.302 e. The lowest BCUT2D eigenvalue weighted by atomic mass is 10.2. The van der Waals surface area contributed by atoms with Gasteiger partial charge in [0, 0.05) is 19.4 Å². The molecule has 1 aromatic carbocycles. The maximum absolute atomic E-state index is 10.9. The van der Waals surface area contributed by atoms with Crippen LogP contribution in [0, 0.1) is 0 Å². The number of hydrogen-bond acceptors (Lipinski definition) is 4. The average Bonchev–Trinajstić information content (AvgIpc) is 2.68. The number of carbonyl (C=O) groups excluding carboxylic acids is 1. The zero-order valence-corrected chi connectivity index (χ0v) is 10.5. The van der Waals surface area contributed by atoms with Crippen molar-refractivity contribution in [2.75, 3.05) is 0 Å². The highest BCUT2D eigenvalue weighted by atomic mass is 16.5. The fraction of sp³-hybridized carbons (Fsp3) is 0.500. The zero-order valence-electron chi connectivity index (χ0n) is 10.5. The van der Waals surface area contributed by atoms with Crippen molar-refractivity contribution >= 4 is 5.97 Å². The molecule has 0 saturated heterocycles. The molecule has 0 aromatic heterocycles. The van der Waals surface area contributed by atoms with E-state index in [2.05, 4.69) is 0 Å². The molecule has 4 nitrogen and oxygen atoms in total. The number of hydrogen-bond donors (Lipinski definition) is 1. The Morgan fingerprint density at radius 1 is 1.33 bits per heavy atom. The molecule has 18 heavy (non-hydrogen) atoms. The predicted octanol–water partition coefficient (Wildman–Crippen LogP) is 1.62. The molecule has 0 bridgehead atoms. The zero-order chi connectivity index (χ0) is 13.0. The molecule has 0 spiro atoms. The Morgan fingerprint density at radius 2 is 2.06 bits per heavy atom. The summed E-state index contributed by atoms with van der Waals surface area (Å²) in [6, 6.07) is 9.89. The Balaban J connectivity index is 1.80. The Labute approximate surface area is 107 Å². The monoisotopic (exact) mass is 249 g/mol. The third-order valence-corrected chi connectivity index (χ3v) is 3.15. The van der Waals surface area contributed by atoms with E-state index in [1.54, 1.807) is 0 Å². The molecule has 1 aliphatic carbocycles. The lowest BCUT2D eigenvalue weighted by Crippen LogP contribution is -2.32. The van der Waals surface area contributed by atoms with Gasteiger partial charge in [-0.1, -0.05) is 30.3 Å². The van der Waals surface area contributed by atoms with Crippen LogP contribution in [0.3, 0.4) is 0 Å². The van der Waals surface area contributed by atoms with E-state index in [1.165, 1.54) is 6.92 Å². The first-order valence-electron chi connectivity index (χ1n) is 6.23. The van der Waals surface area contributed by atoms with Crippen LogP contribution in [0.2, 0.25) is 0 Å². The van der Waals surface area contributed by atoms with Gasteiger partial charge < -0.3 is 15.2 Å². The third-order valence-electron chi connectivity index (χ3n) is 3.15. The van der Waals surface area contributed by atoms with Crippen LogP contribution in [0.5, 0.6) is 0 Å². The molecule has 3 atom stereocenters. The van der Waals surface area contributed by atoms with Crippen molar-refractivity contribution in [3.05, 3.63) is 35.9 Å². The standard InChI is InChI=1S/C14H19NO3/c1-10(16)18-14-8-12(7-13(14)15)17-9-11-5-3-2-4-6-11/h2-6,12-14H,7-9,15H2,1H3/t12-,13+,14+/m1/s1. The molecule has 0 amide bonds. The normalized spacial score (nSPS) is 27.1. The van der Waals surface area contributed by atoms with E-state index in [0.29, 0.717) is 13.0 Å². The van der Waals surface area contributed by atoms with Gasteiger partial charge >= 0.3 is 5.97 Å². The minimum Gasteiger partial charge on any atom is -0.461 e. The first-order chi connectivity index (χ1) is 8.65. The minimum absolute atomic E-state index is 0.0737. The number of rotatable bonds is 4. The average molecular weight is 249 g/mol. The van der Waals surface area contributed by atoms with Crippen molar-refractivity contribution in [3.8, 4) is 0 Å². The van der Waals surface area contributed by atoms with Gasteiger partial charge in [-0.2, -0.15) is 0 Å². The van der Waals surface area contributed by atoms with Gasteiger partial charge in [0.1, 0.15) is 6.10 Å². The van der Waals surface area contributed by atoms with E-state index in [1.807, 2.05) is 30.3 Å². The Bertz CT molecular complexity index is 393. The lowest BCUT2D eigenvalue weighted by molar-refractivity contribution is -0.146. The van der Waals surface area contributed by atoms with Gasteiger partial charge in [0.2, 0.25) is 0 Å². The van der Waals surface area contributed by atoms with E-state index in [-0.39, 0.29) is 24.2 Å². The third kappa shape index (κ3) is 3.55. The van der Waals surface area contributed by atoms with E-state index < -0.39 is 0 Å². The molecule has 1 aliphatic rings. The lowest BCUT2D eigenvalue weighted by Gasteiger charge is -2.14. The summed E-state index contributed by atoms with van der Waals surface area (Å²) >= 11 is 0. The number of carbonyl (C=O) groups is 1. The van der Waals surface area contributed by atoms with Crippen LogP contribution in [0.25, 0.3) is 0 Å². The summed E-state index contributed by atoms with van der Waals surface area (Å²) < 4.78 is 11.0. The fourth-order valence-corrected chi connectivity index (χ4v) is 2.26. The van der Waals surface area contributed by atoms with E-state index in [4.69, 9.17) is 15.2 Å². The van der Waals surface area contributed by atoms with Gasteiger partial charge in [0.15, 0.2) is 0 Å². The van der Waals surface area contributed by atoms with Crippen LogP contribution in [0.15, 0.2) is 30.3 Å². The van der Waals surface area contributed by atoms with Crippen molar-refractivity contribution in [3.63, 3.8) is 0 Å². The Kier molecular flexibility index (Phi) is 4.33. The summed E-state index contributed by atoms with van der Waals surface area (Å²) in [6.45, 7) is 1.98. The van der Waals surface area contributed by atoms with Crippen molar-refractivity contribution in [2.45, 2.75) is 44.6 Å². The smallest absolute Gasteiger partial charge is 0.302 e. The summed E-state index contributed by atoms with van der Waals surface area (Å²) in [5, 5.41) is 0. The fourth-order valence-electron chi connectivity index (χ4n) is 2.26. The highest BCUT2D eigenvalue weighted by molar-refractivity contribution is 5.66. The Morgan fingerprint density at radius 3 is 2.72 bits per heavy atom. The summed E-state index contributed by atoms with van der Waals surface area (Å²) in [7, 11) is 0. The van der Waals surface area contributed by atoms with Crippen LogP contribution < -0.4 is 5.73 Å². The van der Waals surface area contributed by atoms with Gasteiger partial charge in [0.25, 0.3) is 0 Å². The summed E-state index contributed by atoms with van der Waals surface area (Å²) in [5.41, 5.74) is 7.07. The Hall–Kier alpha value is -1.39. The molecule has 0 heterocycles. The van der Waals surface area contributed by atoms with Crippen molar-refractivity contribution in [1.82, 2.24) is 0 Å². The summed E-state index contributed by atoms with van der Waals surface area (Å²) in [5.74, 6) is -0.279. The van der Waals surface area contributed by atoms with Crippen molar-refractivity contribution in [2.24, 2.45) is 5.73 Å². The van der Waals surface area contributed by atoms with E-state index in [0.717, 1.165) is 12.0 Å². The molecule has 4 heteroatoms. The number of esters is 1. The van der Waals surface area contributed by atoms with Crippen LogP contribution in [0.1, 0.15) is 25.3 Å². The molecule has 1 aromatic rings. The quantitative estimate of drug-likeness (QED) is 0.824. The SMILES string of the molecule is CC(=O)O[C@H]1C[C@H](OCc2ccccc2)C[C@@H]1N. The van der Waals surface area contributed by atoms with Gasteiger partial charge in [-0.3, -0.25) is 4.79 Å².